The first-order valence-corrected chi connectivity index (χ1v) is 9.53. The number of piperazine rings is 1. The zero-order valence-corrected chi connectivity index (χ0v) is 15.6. The number of quaternary nitrogens is 1. The molecule has 0 amide bonds. The summed E-state index contributed by atoms with van der Waals surface area (Å²) in [7, 11) is 0. The first kappa shape index (κ1) is 18.1. The summed E-state index contributed by atoms with van der Waals surface area (Å²) in [6.45, 7) is 4.69. The van der Waals surface area contributed by atoms with Crippen LogP contribution in [0.2, 0.25) is 0 Å². The third kappa shape index (κ3) is 4.02. The van der Waals surface area contributed by atoms with E-state index in [1.165, 1.54) is 27.3 Å². The third-order valence-electron chi connectivity index (χ3n) is 5.26. The molecule has 0 unspecified atom stereocenters. The lowest BCUT2D eigenvalue weighted by atomic mass is 10.0. The van der Waals surface area contributed by atoms with Crippen molar-refractivity contribution in [2.24, 2.45) is 5.10 Å². The van der Waals surface area contributed by atoms with Crippen molar-refractivity contribution in [1.82, 2.24) is 5.01 Å². The van der Waals surface area contributed by atoms with Gasteiger partial charge in [-0.25, -0.2) is 0 Å². The molecule has 0 spiro atoms. The Hall–Kier alpha value is -3.25. The van der Waals surface area contributed by atoms with E-state index in [1.807, 2.05) is 5.01 Å². The molecule has 0 aromatic heterocycles. The quantitative estimate of drug-likeness (QED) is 0.423. The van der Waals surface area contributed by atoms with Gasteiger partial charge in [0.25, 0.3) is 5.69 Å². The number of rotatable bonds is 5. The molecule has 3 aromatic carbocycles. The molecule has 0 radical (unpaired) electrons. The average Bonchev–Trinajstić information content (AvgIpc) is 2.74. The normalized spacial score (nSPS) is 15.4. The Labute approximate surface area is 163 Å². The number of nitrogens with one attached hydrogen (secondary N) is 1. The second kappa shape index (κ2) is 8.19. The largest absolute Gasteiger partial charge is 0.328 e. The molecular weight excluding hydrogens is 352 g/mol. The van der Waals surface area contributed by atoms with Gasteiger partial charge in [-0.2, -0.15) is 5.10 Å². The second-order valence-electron chi connectivity index (χ2n) is 7.08. The zero-order chi connectivity index (χ0) is 19.3. The van der Waals surface area contributed by atoms with Gasteiger partial charge in [0.1, 0.15) is 6.54 Å². The Kier molecular flexibility index (Phi) is 5.30. The van der Waals surface area contributed by atoms with Crippen LogP contribution in [0.4, 0.5) is 5.69 Å². The SMILES string of the molecule is O=[N+]([O-])c1ccccc1/C=N\N1CC[NH+](Cc2cccc3ccccc23)CC1. The van der Waals surface area contributed by atoms with Crippen LogP contribution >= 0.6 is 0 Å². The minimum Gasteiger partial charge on any atom is -0.328 e. The van der Waals surface area contributed by atoms with E-state index in [9.17, 15) is 10.1 Å². The van der Waals surface area contributed by atoms with Crippen molar-refractivity contribution in [2.75, 3.05) is 26.2 Å². The Morgan fingerprint density at radius 3 is 2.54 bits per heavy atom. The van der Waals surface area contributed by atoms with Crippen LogP contribution in [-0.2, 0) is 6.54 Å². The maximum atomic E-state index is 11.1. The summed E-state index contributed by atoms with van der Waals surface area (Å²) in [5, 5.41) is 20.2. The van der Waals surface area contributed by atoms with Crippen molar-refractivity contribution in [3.05, 3.63) is 88.0 Å². The molecule has 1 fully saturated rings. The molecule has 1 saturated heterocycles. The number of para-hydroxylation sites is 1. The van der Waals surface area contributed by atoms with Gasteiger partial charge in [-0.1, -0.05) is 54.6 Å². The monoisotopic (exact) mass is 375 g/mol. The van der Waals surface area contributed by atoms with Gasteiger partial charge >= 0.3 is 0 Å². The maximum absolute atomic E-state index is 11.1. The van der Waals surface area contributed by atoms with Gasteiger partial charge in [0.15, 0.2) is 0 Å². The van der Waals surface area contributed by atoms with Gasteiger partial charge in [-0.3, -0.25) is 15.1 Å². The summed E-state index contributed by atoms with van der Waals surface area (Å²) in [5.41, 5.74) is 2.01. The van der Waals surface area contributed by atoms with Crippen LogP contribution in [0.15, 0.2) is 71.8 Å². The third-order valence-corrected chi connectivity index (χ3v) is 5.26. The van der Waals surface area contributed by atoms with Crippen molar-refractivity contribution >= 4 is 22.7 Å². The van der Waals surface area contributed by atoms with Gasteiger partial charge in [-0.15, -0.1) is 0 Å². The number of nitro benzene ring substituents is 1. The second-order valence-corrected chi connectivity index (χ2v) is 7.08. The number of hydrogen-bond acceptors (Lipinski definition) is 4. The molecule has 3 aromatic rings. The number of hydrazone groups is 1. The van der Waals surface area contributed by atoms with E-state index in [4.69, 9.17) is 0 Å². The van der Waals surface area contributed by atoms with E-state index >= 15 is 0 Å². The highest BCUT2D eigenvalue weighted by molar-refractivity contribution is 5.85. The molecule has 0 aliphatic carbocycles. The summed E-state index contributed by atoms with van der Waals surface area (Å²) < 4.78 is 0. The fourth-order valence-corrected chi connectivity index (χ4v) is 3.73. The zero-order valence-electron chi connectivity index (χ0n) is 15.6. The molecule has 6 nitrogen and oxygen atoms in total. The first-order valence-electron chi connectivity index (χ1n) is 9.53. The summed E-state index contributed by atoms with van der Waals surface area (Å²) in [6, 6.07) is 21.7. The van der Waals surface area contributed by atoms with Crippen LogP contribution in [0.3, 0.4) is 0 Å². The molecule has 1 N–H and O–H groups in total. The van der Waals surface area contributed by atoms with Crippen LogP contribution in [0.1, 0.15) is 11.1 Å². The lowest BCUT2D eigenvalue weighted by Gasteiger charge is -2.30. The molecule has 0 bridgehead atoms. The summed E-state index contributed by atoms with van der Waals surface area (Å²) in [4.78, 5) is 12.3. The molecule has 6 heteroatoms. The van der Waals surface area contributed by atoms with Gasteiger partial charge in [-0.05, 0) is 16.8 Å². The van der Waals surface area contributed by atoms with Crippen LogP contribution < -0.4 is 4.90 Å². The summed E-state index contributed by atoms with van der Waals surface area (Å²) >= 11 is 0. The Balaban J connectivity index is 1.38. The molecule has 1 aliphatic rings. The lowest BCUT2D eigenvalue weighted by Crippen LogP contribution is -3.13. The number of fused-ring (bicyclic) bond motifs is 1. The predicted octanol–water partition coefficient (Wildman–Crippen LogP) is 2.48. The van der Waals surface area contributed by atoms with E-state index in [0.29, 0.717) is 5.56 Å². The Bertz CT molecular complexity index is 1000. The number of benzene rings is 3. The average molecular weight is 375 g/mol. The van der Waals surface area contributed by atoms with Crippen LogP contribution in [0, 0.1) is 10.1 Å². The fourth-order valence-electron chi connectivity index (χ4n) is 3.73. The molecular formula is C22H23N4O2+. The van der Waals surface area contributed by atoms with E-state index in [2.05, 4.69) is 47.6 Å². The molecule has 4 rings (SSSR count). The van der Waals surface area contributed by atoms with Crippen molar-refractivity contribution in [1.29, 1.82) is 0 Å². The molecule has 0 saturated carbocycles. The van der Waals surface area contributed by atoms with Crippen molar-refractivity contribution in [3.63, 3.8) is 0 Å². The lowest BCUT2D eigenvalue weighted by molar-refractivity contribution is -0.918. The van der Waals surface area contributed by atoms with Crippen LogP contribution in [0.25, 0.3) is 10.8 Å². The van der Waals surface area contributed by atoms with Gasteiger partial charge in [0, 0.05) is 11.6 Å². The van der Waals surface area contributed by atoms with E-state index in [-0.39, 0.29) is 10.6 Å². The van der Waals surface area contributed by atoms with Crippen molar-refractivity contribution < 1.29 is 9.82 Å². The van der Waals surface area contributed by atoms with E-state index in [1.54, 1.807) is 24.4 Å². The molecule has 1 heterocycles. The highest BCUT2D eigenvalue weighted by Crippen LogP contribution is 2.18. The maximum Gasteiger partial charge on any atom is 0.278 e. The number of nitrogens with zero attached hydrogens (tertiary/aromatic N) is 3. The molecule has 28 heavy (non-hydrogen) atoms. The van der Waals surface area contributed by atoms with Gasteiger partial charge in [0.05, 0.1) is 42.9 Å². The predicted molar refractivity (Wildman–Crippen MR) is 111 cm³/mol. The Morgan fingerprint density at radius 1 is 1.00 bits per heavy atom. The molecule has 0 atom stereocenters. The smallest absolute Gasteiger partial charge is 0.278 e. The first-order chi connectivity index (χ1) is 13.7. The fraction of sp³-hybridized carbons (Fsp3) is 0.227. The van der Waals surface area contributed by atoms with Gasteiger partial charge in [0.2, 0.25) is 0 Å². The van der Waals surface area contributed by atoms with E-state index in [0.717, 1.165) is 32.7 Å². The van der Waals surface area contributed by atoms with Crippen LogP contribution in [-0.4, -0.2) is 42.3 Å². The van der Waals surface area contributed by atoms with E-state index < -0.39 is 0 Å². The highest BCUT2D eigenvalue weighted by Gasteiger charge is 2.20. The summed E-state index contributed by atoms with van der Waals surface area (Å²) in [6.07, 6.45) is 1.60. The summed E-state index contributed by atoms with van der Waals surface area (Å²) in [5.74, 6) is 0. The molecule has 1 aliphatic heterocycles. The minimum absolute atomic E-state index is 0.0893. The van der Waals surface area contributed by atoms with Crippen LogP contribution in [0.5, 0.6) is 0 Å². The van der Waals surface area contributed by atoms with Crippen molar-refractivity contribution in [3.8, 4) is 0 Å². The topological polar surface area (TPSA) is 63.2 Å². The molecule has 142 valence electrons. The standard InChI is InChI=1S/C22H22N4O2/c27-26(28)22-11-4-2-7-19(22)16-23-25-14-12-24(13-15-25)17-20-9-5-8-18-6-1-3-10-21(18)20/h1-11,16H,12-15,17H2/p+1/b23-16-. The minimum atomic E-state index is -0.367. The number of hydrogen-bond donors (Lipinski definition) is 1. The van der Waals surface area contributed by atoms with Crippen molar-refractivity contribution in [2.45, 2.75) is 6.54 Å². The van der Waals surface area contributed by atoms with Gasteiger partial charge < -0.3 is 4.90 Å². The Morgan fingerprint density at radius 2 is 1.71 bits per heavy atom. The highest BCUT2D eigenvalue weighted by atomic mass is 16.6. The number of nitro groups is 1.